The Kier molecular flexibility index (Phi) is 2.17. The van der Waals surface area contributed by atoms with E-state index in [9.17, 15) is 4.79 Å². The fourth-order valence-electron chi connectivity index (χ4n) is 0.939. The second-order valence-corrected chi connectivity index (χ2v) is 3.38. The van der Waals surface area contributed by atoms with Gasteiger partial charge in [0, 0.05) is 6.04 Å². The van der Waals surface area contributed by atoms with Gasteiger partial charge in [-0.1, -0.05) is 0 Å². The zero-order valence-electron chi connectivity index (χ0n) is 6.84. The number of tetrazole rings is 1. The summed E-state index contributed by atoms with van der Waals surface area (Å²) in [5, 5.41) is 13.7. The van der Waals surface area contributed by atoms with Crippen LogP contribution in [-0.4, -0.2) is 32.2 Å². The molecule has 1 aromatic heterocycles. The molecule has 1 heterocycles. The van der Waals surface area contributed by atoms with Crippen LogP contribution in [0.1, 0.15) is 12.8 Å². The minimum absolute atomic E-state index is 0.0647. The maximum atomic E-state index is 11.3. The third kappa shape index (κ3) is 2.18. The molecule has 1 N–H and O–H groups in total. The quantitative estimate of drug-likeness (QED) is 0.628. The number of rotatable bonds is 3. The van der Waals surface area contributed by atoms with Gasteiger partial charge in [-0.3, -0.25) is 4.79 Å². The summed E-state index contributed by atoms with van der Waals surface area (Å²) in [6.07, 6.45) is 2.16. The van der Waals surface area contributed by atoms with E-state index in [1.165, 1.54) is 4.68 Å². The van der Waals surface area contributed by atoms with Gasteiger partial charge in [0.15, 0.2) is 0 Å². The van der Waals surface area contributed by atoms with Gasteiger partial charge in [-0.05, 0) is 23.3 Å². The van der Waals surface area contributed by atoms with Crippen LogP contribution in [0.4, 0.5) is 0 Å². The molecule has 1 fully saturated rings. The smallest absolute Gasteiger partial charge is 0.242 e. The van der Waals surface area contributed by atoms with Gasteiger partial charge in [0.05, 0.1) is 0 Å². The molecule has 0 radical (unpaired) electrons. The summed E-state index contributed by atoms with van der Waals surface area (Å²) < 4.78 is 1.35. The number of carbonyl (C=O) groups excluding carboxylic acids is 1. The first-order valence-corrected chi connectivity index (χ1v) is 4.45. The predicted octanol–water partition coefficient (Wildman–Crippen LogP) is -0.760. The van der Waals surface area contributed by atoms with Crippen molar-refractivity contribution in [2.75, 3.05) is 0 Å². The molecule has 0 aliphatic heterocycles. The third-order valence-corrected chi connectivity index (χ3v) is 2.07. The molecule has 1 aliphatic carbocycles. The van der Waals surface area contributed by atoms with E-state index in [2.05, 4.69) is 33.5 Å². The van der Waals surface area contributed by atoms with Crippen molar-refractivity contribution in [3.8, 4) is 0 Å². The largest absolute Gasteiger partial charge is 0.352 e. The van der Waals surface area contributed by atoms with Crippen LogP contribution in [0.2, 0.25) is 0 Å². The van der Waals surface area contributed by atoms with Gasteiger partial charge < -0.3 is 5.32 Å². The monoisotopic (exact) mass is 199 g/mol. The molecule has 6 nitrogen and oxygen atoms in total. The lowest BCUT2D eigenvalue weighted by molar-refractivity contribution is -0.122. The van der Waals surface area contributed by atoms with Gasteiger partial charge in [0.2, 0.25) is 11.1 Å². The molecular weight excluding hydrogens is 190 g/mol. The van der Waals surface area contributed by atoms with Crippen molar-refractivity contribution in [2.45, 2.75) is 30.6 Å². The second-order valence-electron chi connectivity index (χ2n) is 2.98. The Morgan fingerprint density at radius 1 is 1.69 bits per heavy atom. The van der Waals surface area contributed by atoms with Gasteiger partial charge in [-0.15, -0.1) is 17.7 Å². The number of nitrogens with zero attached hydrogens (tertiary/aromatic N) is 4. The van der Waals surface area contributed by atoms with Crippen LogP contribution in [0, 0.1) is 0 Å². The van der Waals surface area contributed by atoms with Gasteiger partial charge in [0.1, 0.15) is 6.54 Å². The minimum Gasteiger partial charge on any atom is -0.352 e. The zero-order valence-corrected chi connectivity index (χ0v) is 7.74. The van der Waals surface area contributed by atoms with Crippen LogP contribution >= 0.6 is 12.6 Å². The molecule has 0 unspecified atom stereocenters. The van der Waals surface area contributed by atoms with E-state index >= 15 is 0 Å². The van der Waals surface area contributed by atoms with Crippen molar-refractivity contribution in [2.24, 2.45) is 0 Å². The summed E-state index contributed by atoms with van der Waals surface area (Å²) in [4.78, 5) is 11.3. The van der Waals surface area contributed by atoms with Crippen molar-refractivity contribution in [1.29, 1.82) is 0 Å². The van der Waals surface area contributed by atoms with Crippen LogP contribution in [0.25, 0.3) is 0 Å². The number of hydrogen-bond acceptors (Lipinski definition) is 5. The topological polar surface area (TPSA) is 72.7 Å². The van der Waals surface area contributed by atoms with Crippen molar-refractivity contribution >= 4 is 18.5 Å². The molecule has 70 valence electrons. The maximum absolute atomic E-state index is 11.3. The maximum Gasteiger partial charge on any atom is 0.242 e. The number of aromatic nitrogens is 4. The summed E-state index contributed by atoms with van der Waals surface area (Å²) in [7, 11) is 0. The Morgan fingerprint density at radius 2 is 2.46 bits per heavy atom. The normalized spacial score (nSPS) is 15.8. The molecule has 7 heteroatoms. The van der Waals surface area contributed by atoms with Gasteiger partial charge >= 0.3 is 0 Å². The Labute approximate surface area is 80.1 Å². The molecule has 2 rings (SSSR count). The summed E-state index contributed by atoms with van der Waals surface area (Å²) in [5.74, 6) is -0.0647. The first-order chi connectivity index (χ1) is 6.25. The van der Waals surface area contributed by atoms with E-state index in [1.54, 1.807) is 0 Å². The first kappa shape index (κ1) is 8.49. The molecule has 1 aromatic rings. The van der Waals surface area contributed by atoms with Gasteiger partial charge in [-0.2, -0.15) is 0 Å². The first-order valence-electron chi connectivity index (χ1n) is 4.00. The molecule has 1 aliphatic rings. The van der Waals surface area contributed by atoms with Gasteiger partial charge in [0.25, 0.3) is 0 Å². The average Bonchev–Trinajstić information content (AvgIpc) is 2.79. The fraction of sp³-hybridized carbons (Fsp3) is 0.667. The van der Waals surface area contributed by atoms with E-state index < -0.39 is 0 Å². The molecule has 0 aromatic carbocycles. The summed E-state index contributed by atoms with van der Waals surface area (Å²) in [6.45, 7) is 0.141. The third-order valence-electron chi connectivity index (χ3n) is 1.75. The number of carbonyl (C=O) groups is 1. The lowest BCUT2D eigenvalue weighted by atomic mass is 10.5. The molecule has 0 saturated heterocycles. The van der Waals surface area contributed by atoms with E-state index in [1.807, 2.05) is 0 Å². The van der Waals surface area contributed by atoms with Crippen molar-refractivity contribution in [3.63, 3.8) is 0 Å². The highest BCUT2D eigenvalue weighted by Gasteiger charge is 2.23. The van der Waals surface area contributed by atoms with E-state index in [4.69, 9.17) is 0 Å². The number of amides is 1. The highest BCUT2D eigenvalue weighted by atomic mass is 32.1. The van der Waals surface area contributed by atoms with E-state index in [-0.39, 0.29) is 12.5 Å². The van der Waals surface area contributed by atoms with Crippen LogP contribution in [-0.2, 0) is 11.3 Å². The van der Waals surface area contributed by atoms with Crippen LogP contribution in [0.5, 0.6) is 0 Å². The summed E-state index contributed by atoms with van der Waals surface area (Å²) in [5.41, 5.74) is 0. The molecule has 13 heavy (non-hydrogen) atoms. The highest BCUT2D eigenvalue weighted by molar-refractivity contribution is 7.80. The molecule has 0 spiro atoms. The average molecular weight is 199 g/mol. The summed E-state index contributed by atoms with van der Waals surface area (Å²) >= 11 is 3.98. The Morgan fingerprint density at radius 3 is 3.00 bits per heavy atom. The van der Waals surface area contributed by atoms with Crippen molar-refractivity contribution in [1.82, 2.24) is 25.5 Å². The van der Waals surface area contributed by atoms with Crippen molar-refractivity contribution in [3.05, 3.63) is 0 Å². The summed E-state index contributed by atoms with van der Waals surface area (Å²) in [6, 6.07) is 0.368. The number of hydrogen-bond donors (Lipinski definition) is 2. The van der Waals surface area contributed by atoms with Gasteiger partial charge in [-0.25, -0.2) is 4.68 Å². The lowest BCUT2D eigenvalue weighted by Gasteiger charge is -2.02. The molecule has 1 saturated carbocycles. The highest BCUT2D eigenvalue weighted by Crippen LogP contribution is 2.18. The molecular formula is C6H9N5OS. The number of thiol groups is 1. The molecule has 1 amide bonds. The van der Waals surface area contributed by atoms with E-state index in [0.29, 0.717) is 11.2 Å². The fourth-order valence-corrected chi connectivity index (χ4v) is 1.09. The molecule has 0 bridgehead atoms. The molecule has 0 atom stereocenters. The van der Waals surface area contributed by atoms with Crippen LogP contribution < -0.4 is 5.32 Å². The van der Waals surface area contributed by atoms with E-state index in [0.717, 1.165) is 12.8 Å². The second kappa shape index (κ2) is 3.33. The minimum atomic E-state index is -0.0647. The Balaban J connectivity index is 1.89. The standard InChI is InChI=1S/C6H9N5OS/c12-5(7-4-1-2-4)3-11-6(13)8-9-10-11/h4H,1-3H2,(H,7,12)(H,8,10,13). The van der Waals surface area contributed by atoms with Crippen LogP contribution in [0.15, 0.2) is 5.16 Å². The SMILES string of the molecule is O=C(Cn1nnnc1S)NC1CC1. The zero-order chi connectivity index (χ0) is 9.26. The Hall–Kier alpha value is -1.11. The lowest BCUT2D eigenvalue weighted by Crippen LogP contribution is -2.29. The number of nitrogens with one attached hydrogen (secondary N) is 1. The Bertz CT molecular complexity index is 321. The van der Waals surface area contributed by atoms with Crippen molar-refractivity contribution < 1.29 is 4.79 Å². The predicted molar refractivity (Wildman–Crippen MR) is 46.2 cm³/mol. The van der Waals surface area contributed by atoms with Crippen LogP contribution in [0.3, 0.4) is 0 Å².